The van der Waals surface area contributed by atoms with Crippen molar-refractivity contribution in [1.29, 1.82) is 0 Å². The first-order valence-electron chi connectivity index (χ1n) is 7.21. The van der Waals surface area contributed by atoms with Crippen molar-refractivity contribution < 1.29 is 4.39 Å². The van der Waals surface area contributed by atoms with Crippen LogP contribution in [0.5, 0.6) is 0 Å². The number of benzene rings is 1. The third-order valence-electron chi connectivity index (χ3n) is 4.38. The number of nitrogens with zero attached hydrogens (tertiary/aromatic N) is 1. The summed E-state index contributed by atoms with van der Waals surface area (Å²) in [6.07, 6.45) is 4.03. The molecule has 19 heavy (non-hydrogen) atoms. The van der Waals surface area contributed by atoms with E-state index in [1.165, 1.54) is 19.3 Å². The van der Waals surface area contributed by atoms with E-state index in [9.17, 15) is 4.39 Å². The Bertz CT molecular complexity index is 441. The number of halogens is 1. The van der Waals surface area contributed by atoms with Crippen molar-refractivity contribution in [3.05, 3.63) is 29.1 Å². The van der Waals surface area contributed by atoms with Gasteiger partial charge in [-0.3, -0.25) is 0 Å². The molecular formula is C16H25FN2. The molecule has 0 bridgehead atoms. The molecular weight excluding hydrogens is 239 g/mol. The zero-order valence-electron chi connectivity index (χ0n) is 12.5. The lowest BCUT2D eigenvalue weighted by molar-refractivity contribution is 0.321. The summed E-state index contributed by atoms with van der Waals surface area (Å²) in [7, 11) is 4.04. The summed E-state index contributed by atoms with van der Waals surface area (Å²) in [4.78, 5) is 2.29. The Kier molecular flexibility index (Phi) is 4.46. The van der Waals surface area contributed by atoms with E-state index in [0.29, 0.717) is 0 Å². The summed E-state index contributed by atoms with van der Waals surface area (Å²) in [6, 6.07) is 3.83. The number of aryl methyl sites for hydroxylation is 1. The van der Waals surface area contributed by atoms with Gasteiger partial charge in [0.1, 0.15) is 5.82 Å². The smallest absolute Gasteiger partial charge is 0.126 e. The molecule has 1 saturated carbocycles. The molecule has 1 aliphatic carbocycles. The molecule has 1 N–H and O–H groups in total. The SMILES string of the molecule is CNC(C)c1cc(F)c(C)cc1N(C)CC1CCC1. The Balaban J connectivity index is 2.27. The summed E-state index contributed by atoms with van der Waals surface area (Å²) < 4.78 is 13.8. The average Bonchev–Trinajstić information content (AvgIpc) is 2.35. The van der Waals surface area contributed by atoms with Gasteiger partial charge in [-0.15, -0.1) is 0 Å². The van der Waals surface area contributed by atoms with E-state index in [-0.39, 0.29) is 11.9 Å². The van der Waals surface area contributed by atoms with Crippen LogP contribution in [0.25, 0.3) is 0 Å². The third-order valence-corrected chi connectivity index (χ3v) is 4.38. The van der Waals surface area contributed by atoms with Crippen molar-refractivity contribution in [1.82, 2.24) is 5.32 Å². The van der Waals surface area contributed by atoms with Crippen LogP contribution in [-0.2, 0) is 0 Å². The molecule has 106 valence electrons. The molecule has 1 atom stereocenters. The van der Waals surface area contributed by atoms with Crippen molar-refractivity contribution >= 4 is 5.69 Å². The topological polar surface area (TPSA) is 15.3 Å². The van der Waals surface area contributed by atoms with E-state index >= 15 is 0 Å². The Morgan fingerprint density at radius 3 is 2.63 bits per heavy atom. The van der Waals surface area contributed by atoms with E-state index in [1.807, 2.05) is 20.0 Å². The van der Waals surface area contributed by atoms with Gasteiger partial charge in [-0.2, -0.15) is 0 Å². The van der Waals surface area contributed by atoms with E-state index in [1.54, 1.807) is 6.07 Å². The van der Waals surface area contributed by atoms with E-state index < -0.39 is 0 Å². The van der Waals surface area contributed by atoms with Crippen LogP contribution < -0.4 is 10.2 Å². The van der Waals surface area contributed by atoms with Gasteiger partial charge < -0.3 is 10.2 Å². The summed E-state index contributed by atoms with van der Waals surface area (Å²) in [5, 5.41) is 3.21. The van der Waals surface area contributed by atoms with Gasteiger partial charge in [-0.05, 0) is 62.9 Å². The molecule has 1 aliphatic rings. The second-order valence-corrected chi connectivity index (χ2v) is 5.85. The Hall–Kier alpha value is -1.09. The van der Waals surface area contributed by atoms with Crippen molar-refractivity contribution in [2.75, 3.05) is 25.5 Å². The number of rotatable bonds is 5. The van der Waals surface area contributed by atoms with Crippen molar-refractivity contribution in [2.24, 2.45) is 5.92 Å². The Morgan fingerprint density at radius 1 is 1.42 bits per heavy atom. The summed E-state index contributed by atoms with van der Waals surface area (Å²) in [6.45, 7) is 4.99. The highest BCUT2D eigenvalue weighted by atomic mass is 19.1. The average molecular weight is 264 g/mol. The van der Waals surface area contributed by atoms with Crippen molar-refractivity contribution in [3.8, 4) is 0 Å². The minimum Gasteiger partial charge on any atom is -0.374 e. The molecule has 0 heterocycles. The molecule has 1 unspecified atom stereocenters. The minimum absolute atomic E-state index is 0.113. The lowest BCUT2D eigenvalue weighted by Gasteiger charge is -2.33. The lowest BCUT2D eigenvalue weighted by atomic mass is 9.85. The molecule has 2 nitrogen and oxygen atoms in total. The zero-order valence-corrected chi connectivity index (χ0v) is 12.5. The Labute approximate surface area is 116 Å². The summed E-state index contributed by atoms with van der Waals surface area (Å²) in [5.74, 6) is 0.700. The molecule has 0 saturated heterocycles. The highest BCUT2D eigenvalue weighted by molar-refractivity contribution is 5.56. The number of anilines is 1. The standard InChI is InChI=1S/C16H25FN2/c1-11-8-16(19(4)10-13-6-5-7-13)14(9-15(11)17)12(2)18-3/h8-9,12-13,18H,5-7,10H2,1-4H3. The third kappa shape index (κ3) is 3.08. The van der Waals surface area contributed by atoms with Gasteiger partial charge in [-0.1, -0.05) is 6.42 Å². The molecule has 0 amide bonds. The van der Waals surface area contributed by atoms with Gasteiger partial charge in [0.15, 0.2) is 0 Å². The quantitative estimate of drug-likeness (QED) is 0.873. The van der Waals surface area contributed by atoms with Gasteiger partial charge in [0.05, 0.1) is 0 Å². The van der Waals surface area contributed by atoms with Gasteiger partial charge in [0.2, 0.25) is 0 Å². The molecule has 0 radical (unpaired) electrons. The number of nitrogens with one attached hydrogen (secondary N) is 1. The zero-order chi connectivity index (χ0) is 14.0. The maximum atomic E-state index is 13.8. The van der Waals surface area contributed by atoms with Crippen LogP contribution >= 0.6 is 0 Å². The van der Waals surface area contributed by atoms with Gasteiger partial charge >= 0.3 is 0 Å². The predicted octanol–water partition coefficient (Wildman–Crippen LogP) is 3.65. The lowest BCUT2D eigenvalue weighted by Crippen LogP contribution is -2.30. The van der Waals surface area contributed by atoms with E-state index in [4.69, 9.17) is 0 Å². The number of hydrogen-bond acceptors (Lipinski definition) is 2. The van der Waals surface area contributed by atoms with E-state index in [0.717, 1.165) is 29.3 Å². The monoisotopic (exact) mass is 264 g/mol. The van der Waals surface area contributed by atoms with Crippen LogP contribution in [0.2, 0.25) is 0 Å². The van der Waals surface area contributed by atoms with Crippen molar-refractivity contribution in [3.63, 3.8) is 0 Å². The maximum Gasteiger partial charge on any atom is 0.126 e. The molecule has 2 rings (SSSR count). The van der Waals surface area contributed by atoms with Crippen LogP contribution in [0.15, 0.2) is 12.1 Å². The fourth-order valence-corrected chi connectivity index (χ4v) is 2.68. The van der Waals surface area contributed by atoms with Crippen LogP contribution in [0.1, 0.15) is 43.4 Å². The molecule has 0 aliphatic heterocycles. The predicted molar refractivity (Wildman–Crippen MR) is 79.2 cm³/mol. The highest BCUT2D eigenvalue weighted by Crippen LogP contribution is 2.32. The van der Waals surface area contributed by atoms with Gasteiger partial charge in [0.25, 0.3) is 0 Å². The van der Waals surface area contributed by atoms with Crippen LogP contribution in [0, 0.1) is 18.7 Å². The largest absolute Gasteiger partial charge is 0.374 e. The fraction of sp³-hybridized carbons (Fsp3) is 0.625. The molecule has 0 spiro atoms. The molecule has 1 aromatic rings. The van der Waals surface area contributed by atoms with Crippen LogP contribution in [-0.4, -0.2) is 20.6 Å². The second-order valence-electron chi connectivity index (χ2n) is 5.85. The minimum atomic E-state index is -0.113. The molecule has 0 aromatic heterocycles. The number of hydrogen-bond donors (Lipinski definition) is 1. The summed E-state index contributed by atoms with van der Waals surface area (Å²) in [5.41, 5.74) is 2.93. The maximum absolute atomic E-state index is 13.8. The first-order valence-corrected chi connectivity index (χ1v) is 7.21. The van der Waals surface area contributed by atoms with E-state index in [2.05, 4.69) is 24.2 Å². The normalized spacial score (nSPS) is 17.1. The van der Waals surface area contributed by atoms with Gasteiger partial charge in [-0.25, -0.2) is 4.39 Å². The summed E-state index contributed by atoms with van der Waals surface area (Å²) >= 11 is 0. The molecule has 1 aromatic carbocycles. The second kappa shape index (κ2) is 5.91. The highest BCUT2D eigenvalue weighted by Gasteiger charge is 2.22. The van der Waals surface area contributed by atoms with Crippen molar-refractivity contribution in [2.45, 2.75) is 39.2 Å². The Morgan fingerprint density at radius 2 is 2.11 bits per heavy atom. The molecule has 1 fully saturated rings. The molecule has 3 heteroatoms. The fourth-order valence-electron chi connectivity index (χ4n) is 2.68. The van der Waals surface area contributed by atoms with Gasteiger partial charge in [0, 0.05) is 25.3 Å². The first-order chi connectivity index (χ1) is 9.02. The van der Waals surface area contributed by atoms with Crippen LogP contribution in [0.4, 0.5) is 10.1 Å². The van der Waals surface area contributed by atoms with Crippen LogP contribution in [0.3, 0.4) is 0 Å². The first kappa shape index (κ1) is 14.3.